The third-order valence-corrected chi connectivity index (χ3v) is 8.91. The second kappa shape index (κ2) is 10.5. The van der Waals surface area contributed by atoms with E-state index in [0.29, 0.717) is 6.54 Å². The van der Waals surface area contributed by atoms with E-state index in [0.717, 1.165) is 68.9 Å². The van der Waals surface area contributed by atoms with E-state index < -0.39 is 6.04 Å². The van der Waals surface area contributed by atoms with Crippen LogP contribution in [0.1, 0.15) is 87.6 Å². The molecule has 3 aliphatic rings. The molecule has 0 saturated heterocycles. The minimum Gasteiger partial charge on any atom is -0.352 e. The predicted molar refractivity (Wildman–Crippen MR) is 130 cm³/mol. The summed E-state index contributed by atoms with van der Waals surface area (Å²) >= 11 is 1.56. The molecule has 1 aromatic rings. The topological polar surface area (TPSA) is 99.3 Å². The Balaban J connectivity index is 1.32. The van der Waals surface area contributed by atoms with E-state index in [4.69, 9.17) is 0 Å². The largest absolute Gasteiger partial charge is 0.352 e. The van der Waals surface area contributed by atoms with Crippen molar-refractivity contribution in [2.75, 3.05) is 6.54 Å². The van der Waals surface area contributed by atoms with E-state index in [1.54, 1.807) is 18.3 Å². The van der Waals surface area contributed by atoms with Crippen LogP contribution >= 0.6 is 11.3 Å². The van der Waals surface area contributed by atoms with Crippen molar-refractivity contribution in [1.29, 1.82) is 0 Å². The van der Waals surface area contributed by atoms with E-state index in [1.165, 1.54) is 6.42 Å². The van der Waals surface area contributed by atoms with Gasteiger partial charge in [0, 0.05) is 24.0 Å². The summed E-state index contributed by atoms with van der Waals surface area (Å²) < 4.78 is 0. The lowest BCUT2D eigenvalue weighted by atomic mass is 9.64. The normalized spacial score (nSPS) is 24.8. The fourth-order valence-corrected chi connectivity index (χ4v) is 6.85. The number of rotatable bonds is 8. The first kappa shape index (κ1) is 24.0. The zero-order valence-corrected chi connectivity index (χ0v) is 20.7. The fraction of sp³-hybridized carbons (Fsp3) is 0.720. The molecule has 0 radical (unpaired) electrons. The first-order valence-corrected chi connectivity index (χ1v) is 13.6. The SMILES string of the molecule is CCc1cscc1C(=O)NCC1CCC2(CCC2)C1NC(=O)C(C)NC(=O)NC1CCCC1. The Labute approximate surface area is 200 Å². The van der Waals surface area contributed by atoms with Gasteiger partial charge in [0.15, 0.2) is 0 Å². The van der Waals surface area contributed by atoms with Gasteiger partial charge in [0.25, 0.3) is 5.91 Å². The summed E-state index contributed by atoms with van der Waals surface area (Å²) in [5, 5.41) is 16.1. The van der Waals surface area contributed by atoms with Gasteiger partial charge in [0.1, 0.15) is 6.04 Å². The third kappa shape index (κ3) is 5.36. The second-order valence-electron chi connectivity index (χ2n) is 10.2. The van der Waals surface area contributed by atoms with Gasteiger partial charge < -0.3 is 21.3 Å². The van der Waals surface area contributed by atoms with Crippen molar-refractivity contribution < 1.29 is 14.4 Å². The monoisotopic (exact) mass is 474 g/mol. The molecule has 4 amide bonds. The van der Waals surface area contributed by atoms with Crippen LogP contribution in [0.25, 0.3) is 0 Å². The van der Waals surface area contributed by atoms with E-state index in [9.17, 15) is 14.4 Å². The van der Waals surface area contributed by atoms with Gasteiger partial charge in [-0.05, 0) is 74.1 Å². The summed E-state index contributed by atoms with van der Waals surface area (Å²) in [7, 11) is 0. The molecular weight excluding hydrogens is 436 g/mol. The average Bonchev–Trinajstić information content (AvgIpc) is 3.51. The predicted octanol–water partition coefficient (Wildman–Crippen LogP) is 3.74. The van der Waals surface area contributed by atoms with E-state index in [-0.39, 0.29) is 41.3 Å². The van der Waals surface area contributed by atoms with Gasteiger partial charge in [-0.1, -0.05) is 26.2 Å². The molecule has 3 saturated carbocycles. The van der Waals surface area contributed by atoms with Crippen LogP contribution in [0.15, 0.2) is 10.8 Å². The molecule has 4 N–H and O–H groups in total. The van der Waals surface area contributed by atoms with Crippen molar-refractivity contribution >= 4 is 29.2 Å². The van der Waals surface area contributed by atoms with Crippen LogP contribution in [0.4, 0.5) is 4.79 Å². The molecule has 33 heavy (non-hydrogen) atoms. The lowest BCUT2D eigenvalue weighted by Gasteiger charge is -2.45. The summed E-state index contributed by atoms with van der Waals surface area (Å²) in [6.45, 7) is 4.37. The highest BCUT2D eigenvalue weighted by Crippen LogP contribution is 2.55. The number of urea groups is 1. The van der Waals surface area contributed by atoms with Gasteiger partial charge in [0.05, 0.1) is 5.56 Å². The van der Waals surface area contributed by atoms with E-state index in [2.05, 4.69) is 28.2 Å². The molecule has 0 bridgehead atoms. The third-order valence-electron chi connectivity index (χ3n) is 8.12. The number of aryl methyl sites for hydroxylation is 1. The Morgan fingerprint density at radius 1 is 1.06 bits per heavy atom. The molecule has 8 heteroatoms. The number of amides is 4. The molecule has 7 nitrogen and oxygen atoms in total. The van der Waals surface area contributed by atoms with Gasteiger partial charge in [-0.3, -0.25) is 9.59 Å². The second-order valence-corrected chi connectivity index (χ2v) is 10.9. The van der Waals surface area contributed by atoms with Crippen LogP contribution in [-0.4, -0.2) is 42.5 Å². The smallest absolute Gasteiger partial charge is 0.315 e. The molecule has 1 aromatic heterocycles. The molecule has 1 spiro atoms. The maximum atomic E-state index is 13.0. The zero-order valence-electron chi connectivity index (χ0n) is 19.9. The highest BCUT2D eigenvalue weighted by atomic mass is 32.1. The minimum absolute atomic E-state index is 0.0219. The fourth-order valence-electron chi connectivity index (χ4n) is 5.93. The van der Waals surface area contributed by atoms with Crippen molar-refractivity contribution in [3.63, 3.8) is 0 Å². The molecule has 3 unspecified atom stereocenters. The standard InChI is InChI=1S/C25H38N4O3S/c1-3-17-14-33-15-20(17)23(31)26-13-18-9-12-25(10-6-11-25)21(18)29-22(30)16(2)27-24(32)28-19-7-4-5-8-19/h14-16,18-19,21H,3-13H2,1-2H3,(H,26,31)(H,29,30)(H2,27,28,32). The summed E-state index contributed by atoms with van der Waals surface area (Å²) in [6, 6.07) is -0.606. The van der Waals surface area contributed by atoms with Gasteiger partial charge in [-0.2, -0.15) is 11.3 Å². The number of carbonyl (C=O) groups excluding carboxylic acids is 3. The van der Waals surface area contributed by atoms with Gasteiger partial charge in [-0.25, -0.2) is 4.79 Å². The highest BCUT2D eigenvalue weighted by molar-refractivity contribution is 7.08. The minimum atomic E-state index is -0.600. The number of thiophene rings is 1. The lowest BCUT2D eigenvalue weighted by Crippen LogP contribution is -2.57. The van der Waals surface area contributed by atoms with E-state index in [1.807, 2.05) is 10.8 Å². The zero-order chi connectivity index (χ0) is 23.4. The van der Waals surface area contributed by atoms with Crippen molar-refractivity contribution in [1.82, 2.24) is 21.3 Å². The first-order valence-electron chi connectivity index (χ1n) is 12.6. The van der Waals surface area contributed by atoms with Crippen LogP contribution in [0.3, 0.4) is 0 Å². The molecule has 4 rings (SSSR count). The van der Waals surface area contributed by atoms with Gasteiger partial charge >= 0.3 is 6.03 Å². The Hall–Kier alpha value is -2.09. The summed E-state index contributed by atoms with van der Waals surface area (Å²) in [6.07, 6.45) is 10.7. The summed E-state index contributed by atoms with van der Waals surface area (Å²) in [5.41, 5.74) is 2.00. The van der Waals surface area contributed by atoms with Crippen LogP contribution in [0, 0.1) is 11.3 Å². The average molecular weight is 475 g/mol. The lowest BCUT2D eigenvalue weighted by molar-refractivity contribution is -0.125. The summed E-state index contributed by atoms with van der Waals surface area (Å²) in [4.78, 5) is 38.1. The maximum Gasteiger partial charge on any atom is 0.315 e. The molecule has 1 heterocycles. The van der Waals surface area contributed by atoms with Gasteiger partial charge in [-0.15, -0.1) is 0 Å². The molecular formula is C25H38N4O3S. The van der Waals surface area contributed by atoms with Crippen molar-refractivity contribution in [3.05, 3.63) is 21.9 Å². The molecule has 0 aliphatic heterocycles. The molecule has 0 aromatic carbocycles. The van der Waals surface area contributed by atoms with Crippen LogP contribution in [-0.2, 0) is 11.2 Å². The number of nitrogens with one attached hydrogen (secondary N) is 4. The van der Waals surface area contributed by atoms with Crippen molar-refractivity contribution in [3.8, 4) is 0 Å². The van der Waals surface area contributed by atoms with Crippen LogP contribution in [0.5, 0.6) is 0 Å². The van der Waals surface area contributed by atoms with E-state index >= 15 is 0 Å². The molecule has 3 atom stereocenters. The number of hydrogen-bond acceptors (Lipinski definition) is 4. The summed E-state index contributed by atoms with van der Waals surface area (Å²) in [5.74, 6) is 0.0463. The first-order chi connectivity index (χ1) is 15.9. The molecule has 3 aliphatic carbocycles. The quantitative estimate of drug-likeness (QED) is 0.462. The van der Waals surface area contributed by atoms with Crippen molar-refractivity contribution in [2.24, 2.45) is 11.3 Å². The Morgan fingerprint density at radius 2 is 1.82 bits per heavy atom. The number of carbonyl (C=O) groups is 3. The molecule has 3 fully saturated rings. The van der Waals surface area contributed by atoms with Crippen LogP contribution < -0.4 is 21.3 Å². The number of hydrogen-bond donors (Lipinski definition) is 4. The highest BCUT2D eigenvalue weighted by Gasteiger charge is 2.52. The Morgan fingerprint density at radius 3 is 2.48 bits per heavy atom. The Bertz CT molecular complexity index is 860. The molecule has 182 valence electrons. The van der Waals surface area contributed by atoms with Crippen LogP contribution in [0.2, 0.25) is 0 Å². The van der Waals surface area contributed by atoms with Crippen molar-refractivity contribution in [2.45, 2.75) is 96.2 Å². The Kier molecular flexibility index (Phi) is 7.62. The van der Waals surface area contributed by atoms with Gasteiger partial charge in [0.2, 0.25) is 5.91 Å². The maximum absolute atomic E-state index is 13.0.